The Morgan fingerprint density at radius 2 is 2.00 bits per heavy atom. The standard InChI is InChI=1S/C22H26ClNO6/c1-13-8-18-16(10-17(13)23)15(9-19(25)29-18)12-28-20(26)14-6-5-7-24(11-14)21(27)30-22(2,3)4/h8-10,14H,5-7,11-12H2,1-4H3. The Labute approximate surface area is 179 Å². The molecular formula is C22H26ClNO6. The summed E-state index contributed by atoms with van der Waals surface area (Å²) < 4.78 is 16.1. The lowest BCUT2D eigenvalue weighted by Crippen LogP contribution is -2.45. The number of esters is 1. The molecule has 2 heterocycles. The van der Waals surface area contributed by atoms with Gasteiger partial charge in [0.15, 0.2) is 0 Å². The molecule has 1 fully saturated rings. The number of piperidine rings is 1. The van der Waals surface area contributed by atoms with E-state index < -0.39 is 29.2 Å². The van der Waals surface area contributed by atoms with E-state index in [1.165, 1.54) is 11.0 Å². The van der Waals surface area contributed by atoms with Crippen LogP contribution in [0.3, 0.4) is 0 Å². The molecule has 1 aliphatic rings. The van der Waals surface area contributed by atoms with Crippen molar-refractivity contribution < 1.29 is 23.5 Å². The van der Waals surface area contributed by atoms with Crippen LogP contribution in [-0.4, -0.2) is 35.7 Å². The van der Waals surface area contributed by atoms with Gasteiger partial charge in [0.25, 0.3) is 0 Å². The number of carbonyl (C=O) groups excluding carboxylic acids is 2. The van der Waals surface area contributed by atoms with Crippen LogP contribution in [0.4, 0.5) is 4.79 Å². The van der Waals surface area contributed by atoms with Gasteiger partial charge in [0.05, 0.1) is 5.92 Å². The molecule has 0 spiro atoms. The highest BCUT2D eigenvalue weighted by atomic mass is 35.5. The zero-order chi connectivity index (χ0) is 22.1. The third-order valence-electron chi connectivity index (χ3n) is 4.89. The predicted octanol–water partition coefficient (Wildman–Crippen LogP) is 4.45. The summed E-state index contributed by atoms with van der Waals surface area (Å²) in [6.45, 7) is 7.92. The predicted molar refractivity (Wildman–Crippen MR) is 113 cm³/mol. The number of ether oxygens (including phenoxy) is 2. The molecule has 3 rings (SSSR count). The fraction of sp³-hybridized carbons (Fsp3) is 0.500. The fourth-order valence-corrected chi connectivity index (χ4v) is 3.56. The van der Waals surface area contributed by atoms with E-state index >= 15 is 0 Å². The number of rotatable bonds is 3. The summed E-state index contributed by atoms with van der Waals surface area (Å²) >= 11 is 6.20. The molecule has 0 aliphatic carbocycles. The van der Waals surface area contributed by atoms with E-state index in [-0.39, 0.29) is 13.2 Å². The SMILES string of the molecule is Cc1cc2oc(=O)cc(COC(=O)C3CCCN(C(=O)OC(C)(C)C)C3)c2cc1Cl. The van der Waals surface area contributed by atoms with Crippen LogP contribution in [0, 0.1) is 12.8 Å². The monoisotopic (exact) mass is 435 g/mol. The second kappa shape index (κ2) is 8.68. The van der Waals surface area contributed by atoms with Crippen molar-refractivity contribution in [3.05, 3.63) is 44.8 Å². The van der Waals surface area contributed by atoms with Crippen LogP contribution in [-0.2, 0) is 20.9 Å². The number of hydrogen-bond donors (Lipinski definition) is 0. The zero-order valence-corrected chi connectivity index (χ0v) is 18.4. The van der Waals surface area contributed by atoms with Crippen LogP contribution in [0.1, 0.15) is 44.7 Å². The molecular weight excluding hydrogens is 410 g/mol. The third kappa shape index (κ3) is 5.33. The summed E-state index contributed by atoms with van der Waals surface area (Å²) in [5, 5.41) is 1.15. The second-order valence-electron chi connectivity index (χ2n) is 8.56. The van der Waals surface area contributed by atoms with Gasteiger partial charge in [-0.1, -0.05) is 11.6 Å². The van der Waals surface area contributed by atoms with E-state index in [0.29, 0.717) is 40.9 Å². The first-order chi connectivity index (χ1) is 14.0. The van der Waals surface area contributed by atoms with Crippen LogP contribution in [0.5, 0.6) is 0 Å². The average molecular weight is 436 g/mol. The molecule has 1 unspecified atom stereocenters. The summed E-state index contributed by atoms with van der Waals surface area (Å²) in [6.07, 6.45) is 0.878. The Hall–Kier alpha value is -2.54. The summed E-state index contributed by atoms with van der Waals surface area (Å²) in [7, 11) is 0. The van der Waals surface area contributed by atoms with Crippen molar-refractivity contribution in [2.45, 2.75) is 52.7 Å². The molecule has 1 aromatic heterocycles. The summed E-state index contributed by atoms with van der Waals surface area (Å²) in [5.74, 6) is -0.855. The van der Waals surface area contributed by atoms with Crippen molar-refractivity contribution in [1.82, 2.24) is 4.90 Å². The molecule has 1 aromatic carbocycles. The van der Waals surface area contributed by atoms with E-state index in [0.717, 1.165) is 5.56 Å². The normalized spacial score (nSPS) is 17.1. The number of aryl methyl sites for hydroxylation is 1. The fourth-order valence-electron chi connectivity index (χ4n) is 3.40. The molecule has 1 aliphatic heterocycles. The number of benzene rings is 1. The molecule has 1 atom stereocenters. The quantitative estimate of drug-likeness (QED) is 0.523. The van der Waals surface area contributed by atoms with Crippen molar-refractivity contribution in [3.63, 3.8) is 0 Å². The van der Waals surface area contributed by atoms with E-state index in [2.05, 4.69) is 0 Å². The summed E-state index contributed by atoms with van der Waals surface area (Å²) in [4.78, 5) is 38.4. The lowest BCUT2D eigenvalue weighted by atomic mass is 9.98. The number of carbonyl (C=O) groups is 2. The molecule has 2 aromatic rings. The van der Waals surface area contributed by atoms with E-state index in [1.807, 2.05) is 6.92 Å². The van der Waals surface area contributed by atoms with E-state index in [9.17, 15) is 14.4 Å². The first-order valence-electron chi connectivity index (χ1n) is 9.91. The van der Waals surface area contributed by atoms with Crippen LogP contribution in [0.2, 0.25) is 5.02 Å². The Morgan fingerprint density at radius 1 is 1.27 bits per heavy atom. The van der Waals surface area contributed by atoms with Gasteiger partial charge in [0.1, 0.15) is 17.8 Å². The number of fused-ring (bicyclic) bond motifs is 1. The maximum Gasteiger partial charge on any atom is 0.410 e. The number of likely N-dealkylation sites (tertiary alicyclic amines) is 1. The van der Waals surface area contributed by atoms with Gasteiger partial charge in [-0.2, -0.15) is 0 Å². The lowest BCUT2D eigenvalue weighted by Gasteiger charge is -2.33. The van der Waals surface area contributed by atoms with Crippen molar-refractivity contribution in [2.75, 3.05) is 13.1 Å². The molecule has 162 valence electrons. The Morgan fingerprint density at radius 3 is 2.70 bits per heavy atom. The zero-order valence-electron chi connectivity index (χ0n) is 17.6. The summed E-state index contributed by atoms with van der Waals surface area (Å²) in [5.41, 5.74) is 0.579. The van der Waals surface area contributed by atoms with Gasteiger partial charge in [-0.25, -0.2) is 9.59 Å². The second-order valence-corrected chi connectivity index (χ2v) is 8.97. The average Bonchev–Trinajstić information content (AvgIpc) is 2.66. The molecule has 1 amide bonds. The number of hydrogen-bond acceptors (Lipinski definition) is 6. The molecule has 7 nitrogen and oxygen atoms in total. The number of halogens is 1. The minimum Gasteiger partial charge on any atom is -0.461 e. The topological polar surface area (TPSA) is 86.0 Å². The van der Waals surface area contributed by atoms with Crippen LogP contribution < -0.4 is 5.63 Å². The molecule has 30 heavy (non-hydrogen) atoms. The highest BCUT2D eigenvalue weighted by Gasteiger charge is 2.32. The maximum absolute atomic E-state index is 12.6. The van der Waals surface area contributed by atoms with Gasteiger partial charge in [-0.15, -0.1) is 0 Å². The van der Waals surface area contributed by atoms with Crippen LogP contribution >= 0.6 is 11.6 Å². The van der Waals surface area contributed by atoms with E-state index in [4.69, 9.17) is 25.5 Å². The first kappa shape index (κ1) is 22.2. The Kier molecular flexibility index (Phi) is 6.41. The molecule has 1 saturated heterocycles. The van der Waals surface area contributed by atoms with Gasteiger partial charge < -0.3 is 18.8 Å². The minimum atomic E-state index is -0.598. The first-order valence-corrected chi connectivity index (χ1v) is 10.3. The van der Waals surface area contributed by atoms with Gasteiger partial charge in [0, 0.05) is 35.1 Å². The number of nitrogens with zero attached hydrogens (tertiary/aromatic N) is 1. The Bertz CT molecular complexity index is 1020. The molecule has 0 bridgehead atoms. The lowest BCUT2D eigenvalue weighted by molar-refractivity contribution is -0.151. The summed E-state index contributed by atoms with van der Waals surface area (Å²) in [6, 6.07) is 4.68. The highest BCUT2D eigenvalue weighted by Crippen LogP contribution is 2.26. The highest BCUT2D eigenvalue weighted by molar-refractivity contribution is 6.32. The largest absolute Gasteiger partial charge is 0.461 e. The van der Waals surface area contributed by atoms with Crippen LogP contribution in [0.15, 0.2) is 27.4 Å². The number of amides is 1. The van der Waals surface area contributed by atoms with Gasteiger partial charge in [-0.3, -0.25) is 4.79 Å². The van der Waals surface area contributed by atoms with E-state index in [1.54, 1.807) is 32.9 Å². The smallest absolute Gasteiger partial charge is 0.410 e. The molecule has 8 heteroatoms. The molecule has 0 saturated carbocycles. The van der Waals surface area contributed by atoms with Crippen molar-refractivity contribution in [3.8, 4) is 0 Å². The van der Waals surface area contributed by atoms with Gasteiger partial charge >= 0.3 is 17.7 Å². The van der Waals surface area contributed by atoms with Crippen molar-refractivity contribution >= 4 is 34.6 Å². The minimum absolute atomic E-state index is 0.0801. The molecule has 0 radical (unpaired) electrons. The Balaban J connectivity index is 1.69. The van der Waals surface area contributed by atoms with Gasteiger partial charge in [0.2, 0.25) is 0 Å². The van der Waals surface area contributed by atoms with Gasteiger partial charge in [-0.05, 0) is 58.2 Å². The van der Waals surface area contributed by atoms with Crippen LogP contribution in [0.25, 0.3) is 11.0 Å². The van der Waals surface area contributed by atoms with Crippen molar-refractivity contribution in [1.29, 1.82) is 0 Å². The van der Waals surface area contributed by atoms with Crippen molar-refractivity contribution in [2.24, 2.45) is 5.92 Å². The third-order valence-corrected chi connectivity index (χ3v) is 5.29. The molecule has 0 N–H and O–H groups in total. The maximum atomic E-state index is 12.6.